The van der Waals surface area contributed by atoms with Gasteiger partial charge in [0.05, 0.1) is 0 Å². The van der Waals surface area contributed by atoms with Crippen LogP contribution in [0.25, 0.3) is 0 Å². The molecule has 2 nitrogen and oxygen atoms in total. The SMILES string of the molecule is C=C[Si]1(OC)CCCC(C)O1. The van der Waals surface area contributed by atoms with E-state index >= 15 is 0 Å². The maximum absolute atomic E-state index is 5.77. The average molecular weight is 172 g/mol. The molecule has 1 aliphatic rings. The molecule has 3 heteroatoms. The summed E-state index contributed by atoms with van der Waals surface area (Å²) in [4.78, 5) is 0. The van der Waals surface area contributed by atoms with E-state index in [1.807, 2.05) is 5.70 Å². The van der Waals surface area contributed by atoms with Gasteiger partial charge in [0.2, 0.25) is 0 Å². The van der Waals surface area contributed by atoms with Gasteiger partial charge in [0.25, 0.3) is 0 Å². The molecule has 1 saturated heterocycles. The van der Waals surface area contributed by atoms with E-state index in [0.717, 1.165) is 12.5 Å². The molecule has 0 bridgehead atoms. The summed E-state index contributed by atoms with van der Waals surface area (Å²) in [7, 11) is -0.202. The zero-order valence-corrected chi connectivity index (χ0v) is 8.30. The Morgan fingerprint density at radius 2 is 2.45 bits per heavy atom. The van der Waals surface area contributed by atoms with Crippen LogP contribution in [0.3, 0.4) is 0 Å². The van der Waals surface area contributed by atoms with Crippen molar-refractivity contribution >= 4 is 8.56 Å². The maximum atomic E-state index is 5.77. The quantitative estimate of drug-likeness (QED) is 0.593. The van der Waals surface area contributed by atoms with Gasteiger partial charge in [-0.2, -0.15) is 0 Å². The van der Waals surface area contributed by atoms with Crippen LogP contribution in [-0.4, -0.2) is 21.8 Å². The Balaban J connectivity index is 2.59. The molecule has 0 aromatic heterocycles. The van der Waals surface area contributed by atoms with Gasteiger partial charge in [0.1, 0.15) is 0 Å². The van der Waals surface area contributed by atoms with Crippen LogP contribution in [0.15, 0.2) is 12.3 Å². The fourth-order valence-electron chi connectivity index (χ4n) is 1.48. The van der Waals surface area contributed by atoms with Crippen molar-refractivity contribution in [3.8, 4) is 0 Å². The van der Waals surface area contributed by atoms with Crippen molar-refractivity contribution in [3.05, 3.63) is 12.3 Å². The van der Waals surface area contributed by atoms with Gasteiger partial charge in [-0.05, 0) is 31.5 Å². The van der Waals surface area contributed by atoms with Crippen LogP contribution in [0, 0.1) is 0 Å². The Kier molecular flexibility index (Phi) is 2.87. The molecule has 0 radical (unpaired) electrons. The molecule has 1 rings (SSSR count). The van der Waals surface area contributed by atoms with E-state index in [1.54, 1.807) is 7.11 Å². The summed E-state index contributed by atoms with van der Waals surface area (Å²) < 4.78 is 11.2. The molecule has 1 fully saturated rings. The third-order valence-corrected chi connectivity index (χ3v) is 5.36. The fourth-order valence-corrected chi connectivity index (χ4v) is 3.86. The summed E-state index contributed by atoms with van der Waals surface area (Å²) in [6.45, 7) is 5.87. The largest absolute Gasteiger partial charge is 0.395 e. The molecule has 2 unspecified atom stereocenters. The molecule has 0 spiro atoms. The molecule has 0 saturated carbocycles. The molecule has 11 heavy (non-hydrogen) atoms. The van der Waals surface area contributed by atoms with Crippen LogP contribution in [-0.2, 0) is 8.85 Å². The third-order valence-electron chi connectivity index (χ3n) is 2.19. The Hall–Kier alpha value is -0.123. The van der Waals surface area contributed by atoms with E-state index in [1.165, 1.54) is 6.42 Å². The van der Waals surface area contributed by atoms with E-state index in [9.17, 15) is 0 Å². The molecule has 1 aliphatic heterocycles. The van der Waals surface area contributed by atoms with Crippen LogP contribution in [0.5, 0.6) is 0 Å². The summed E-state index contributed by atoms with van der Waals surface area (Å²) in [5.74, 6) is 0. The van der Waals surface area contributed by atoms with Crippen molar-refractivity contribution in [1.82, 2.24) is 0 Å². The predicted molar refractivity (Wildman–Crippen MR) is 47.5 cm³/mol. The van der Waals surface area contributed by atoms with Crippen molar-refractivity contribution in [2.75, 3.05) is 7.11 Å². The minimum absolute atomic E-state index is 0.355. The number of hydrogen-bond donors (Lipinski definition) is 0. The van der Waals surface area contributed by atoms with Crippen LogP contribution in [0.2, 0.25) is 6.04 Å². The lowest BCUT2D eigenvalue weighted by Crippen LogP contribution is -2.44. The van der Waals surface area contributed by atoms with Crippen LogP contribution < -0.4 is 0 Å². The molecule has 0 N–H and O–H groups in total. The lowest BCUT2D eigenvalue weighted by Gasteiger charge is -2.33. The van der Waals surface area contributed by atoms with Crippen molar-refractivity contribution in [1.29, 1.82) is 0 Å². The molecule has 0 aliphatic carbocycles. The first-order chi connectivity index (χ1) is 5.22. The number of hydrogen-bond acceptors (Lipinski definition) is 2. The molecular formula is C8H16O2Si. The highest BCUT2D eigenvalue weighted by molar-refractivity contribution is 6.72. The van der Waals surface area contributed by atoms with Gasteiger partial charge in [-0.25, -0.2) is 0 Å². The number of rotatable bonds is 2. The lowest BCUT2D eigenvalue weighted by atomic mass is 10.2. The first-order valence-electron chi connectivity index (χ1n) is 4.09. The minimum atomic E-state index is -1.93. The standard InChI is InChI=1S/C8H16O2Si/c1-4-11(9-3)7-5-6-8(2)10-11/h4,8H,1,5-7H2,2-3H3. The van der Waals surface area contributed by atoms with Crippen molar-refractivity contribution in [3.63, 3.8) is 0 Å². The molecular weight excluding hydrogens is 156 g/mol. The molecule has 0 amide bonds. The van der Waals surface area contributed by atoms with E-state index in [0.29, 0.717) is 6.10 Å². The van der Waals surface area contributed by atoms with Crippen molar-refractivity contribution in [2.24, 2.45) is 0 Å². The second kappa shape index (κ2) is 3.52. The predicted octanol–water partition coefficient (Wildman–Crippen LogP) is 2.00. The zero-order valence-electron chi connectivity index (χ0n) is 7.30. The minimum Gasteiger partial charge on any atom is -0.395 e. The summed E-state index contributed by atoms with van der Waals surface area (Å²) in [5.41, 5.74) is 1.89. The Bertz CT molecular complexity index is 149. The van der Waals surface area contributed by atoms with E-state index < -0.39 is 8.56 Å². The normalized spacial score (nSPS) is 38.5. The van der Waals surface area contributed by atoms with E-state index in [4.69, 9.17) is 8.85 Å². The molecule has 64 valence electrons. The molecule has 0 aromatic carbocycles. The monoisotopic (exact) mass is 172 g/mol. The van der Waals surface area contributed by atoms with Crippen LogP contribution >= 0.6 is 0 Å². The molecule has 2 atom stereocenters. The summed E-state index contributed by atoms with van der Waals surface area (Å²) in [6.07, 6.45) is 2.73. The second-order valence-electron chi connectivity index (χ2n) is 3.04. The highest BCUT2D eigenvalue weighted by atomic mass is 28.4. The van der Waals surface area contributed by atoms with Gasteiger partial charge < -0.3 is 8.85 Å². The van der Waals surface area contributed by atoms with Gasteiger partial charge in [0.15, 0.2) is 0 Å². The Morgan fingerprint density at radius 1 is 1.73 bits per heavy atom. The average Bonchev–Trinajstić information content (AvgIpc) is 2.04. The Labute approximate surface area is 69.5 Å². The summed E-state index contributed by atoms with van der Waals surface area (Å²) in [5, 5.41) is 0. The van der Waals surface area contributed by atoms with E-state index in [2.05, 4.69) is 13.5 Å². The zero-order chi connectivity index (χ0) is 8.32. The topological polar surface area (TPSA) is 18.5 Å². The maximum Gasteiger partial charge on any atom is 0.364 e. The third kappa shape index (κ3) is 1.92. The van der Waals surface area contributed by atoms with Crippen molar-refractivity contribution < 1.29 is 8.85 Å². The van der Waals surface area contributed by atoms with Gasteiger partial charge >= 0.3 is 8.56 Å². The molecule has 0 aromatic rings. The Morgan fingerprint density at radius 3 is 2.82 bits per heavy atom. The summed E-state index contributed by atoms with van der Waals surface area (Å²) >= 11 is 0. The van der Waals surface area contributed by atoms with Gasteiger partial charge in [-0.3, -0.25) is 0 Å². The second-order valence-corrected chi connectivity index (χ2v) is 6.22. The highest BCUT2D eigenvalue weighted by Crippen LogP contribution is 2.26. The van der Waals surface area contributed by atoms with Crippen molar-refractivity contribution in [2.45, 2.75) is 31.9 Å². The molecule has 1 heterocycles. The van der Waals surface area contributed by atoms with Crippen LogP contribution in [0.1, 0.15) is 19.8 Å². The van der Waals surface area contributed by atoms with E-state index in [-0.39, 0.29) is 0 Å². The highest BCUT2D eigenvalue weighted by Gasteiger charge is 2.37. The van der Waals surface area contributed by atoms with Gasteiger partial charge in [0, 0.05) is 13.2 Å². The summed E-state index contributed by atoms with van der Waals surface area (Å²) in [6, 6.07) is 1.07. The van der Waals surface area contributed by atoms with Crippen LogP contribution in [0.4, 0.5) is 0 Å². The fraction of sp³-hybridized carbons (Fsp3) is 0.750. The first-order valence-corrected chi connectivity index (χ1v) is 6.19. The lowest BCUT2D eigenvalue weighted by molar-refractivity contribution is 0.122. The smallest absolute Gasteiger partial charge is 0.364 e. The van der Waals surface area contributed by atoms with Gasteiger partial charge in [-0.15, -0.1) is 6.58 Å². The van der Waals surface area contributed by atoms with Gasteiger partial charge in [-0.1, -0.05) is 0 Å². The first kappa shape index (κ1) is 8.97.